The summed E-state index contributed by atoms with van der Waals surface area (Å²) in [6.07, 6.45) is 4.25. The van der Waals surface area contributed by atoms with Gasteiger partial charge >= 0.3 is 0 Å². The maximum atomic E-state index is 12.3. The molecule has 2 fully saturated rings. The van der Waals surface area contributed by atoms with Gasteiger partial charge in [-0.15, -0.1) is 0 Å². The number of ether oxygens (including phenoxy) is 2. The molecule has 2 heterocycles. The molecule has 31 heavy (non-hydrogen) atoms. The normalized spacial score (nSPS) is 20.6. The highest BCUT2D eigenvalue weighted by Crippen LogP contribution is 2.39. The molecular formula is C25H32N2O4. The SMILES string of the molecule is O=C(NC[C@H]1CCC2(CCN(Cc3ccc(OCCO)cc3)CC2)O1)c1ccccc1. The van der Waals surface area contributed by atoms with E-state index in [0.717, 1.165) is 51.1 Å². The van der Waals surface area contributed by atoms with Crippen molar-refractivity contribution in [2.45, 2.75) is 43.9 Å². The molecule has 0 saturated carbocycles. The van der Waals surface area contributed by atoms with Gasteiger partial charge in [0, 0.05) is 31.7 Å². The average Bonchev–Trinajstić information content (AvgIpc) is 3.22. The van der Waals surface area contributed by atoms with Crippen molar-refractivity contribution in [2.75, 3.05) is 32.8 Å². The molecule has 2 aromatic carbocycles. The fraction of sp³-hybridized carbons (Fsp3) is 0.480. The van der Waals surface area contributed by atoms with E-state index < -0.39 is 0 Å². The topological polar surface area (TPSA) is 71.0 Å². The molecule has 6 nitrogen and oxygen atoms in total. The van der Waals surface area contributed by atoms with Crippen LogP contribution in [0.2, 0.25) is 0 Å². The lowest BCUT2D eigenvalue weighted by atomic mass is 9.88. The van der Waals surface area contributed by atoms with E-state index in [1.54, 1.807) is 0 Å². The molecule has 2 N–H and O–H groups in total. The van der Waals surface area contributed by atoms with Gasteiger partial charge in [-0.3, -0.25) is 9.69 Å². The third kappa shape index (κ3) is 5.85. The highest BCUT2D eigenvalue weighted by atomic mass is 16.5. The van der Waals surface area contributed by atoms with Crippen molar-refractivity contribution < 1.29 is 19.4 Å². The van der Waals surface area contributed by atoms with Crippen LogP contribution in [-0.4, -0.2) is 60.5 Å². The summed E-state index contributed by atoms with van der Waals surface area (Å²) in [5.74, 6) is 0.757. The summed E-state index contributed by atoms with van der Waals surface area (Å²) in [5.41, 5.74) is 1.93. The minimum atomic E-state index is -0.0345. The first-order valence-corrected chi connectivity index (χ1v) is 11.2. The van der Waals surface area contributed by atoms with E-state index in [1.807, 2.05) is 42.5 Å². The molecule has 2 aliphatic heterocycles. The van der Waals surface area contributed by atoms with Crippen LogP contribution in [0.5, 0.6) is 5.75 Å². The van der Waals surface area contributed by atoms with Crippen LogP contribution in [0.3, 0.4) is 0 Å². The van der Waals surface area contributed by atoms with Crippen LogP contribution in [0.25, 0.3) is 0 Å². The Morgan fingerprint density at radius 3 is 2.55 bits per heavy atom. The number of hydrogen-bond donors (Lipinski definition) is 2. The Kier molecular flexibility index (Phi) is 7.22. The van der Waals surface area contributed by atoms with Gasteiger partial charge in [0.1, 0.15) is 12.4 Å². The lowest BCUT2D eigenvalue weighted by Gasteiger charge is -2.39. The smallest absolute Gasteiger partial charge is 0.251 e. The van der Waals surface area contributed by atoms with Crippen LogP contribution in [-0.2, 0) is 11.3 Å². The lowest BCUT2D eigenvalue weighted by molar-refractivity contribution is -0.0764. The molecular weight excluding hydrogens is 392 g/mol. The number of nitrogens with zero attached hydrogens (tertiary/aromatic N) is 1. The number of hydrogen-bond acceptors (Lipinski definition) is 5. The number of rotatable bonds is 8. The van der Waals surface area contributed by atoms with E-state index in [2.05, 4.69) is 22.3 Å². The number of carbonyl (C=O) groups is 1. The Labute approximate surface area is 184 Å². The first kappa shape index (κ1) is 21.8. The van der Waals surface area contributed by atoms with Crippen LogP contribution in [0.15, 0.2) is 54.6 Å². The number of piperidine rings is 1. The zero-order chi connectivity index (χ0) is 21.5. The van der Waals surface area contributed by atoms with Crippen molar-refractivity contribution in [3.63, 3.8) is 0 Å². The van der Waals surface area contributed by atoms with Gasteiger partial charge in [0.25, 0.3) is 5.91 Å². The Morgan fingerprint density at radius 2 is 1.84 bits per heavy atom. The van der Waals surface area contributed by atoms with E-state index in [4.69, 9.17) is 14.6 Å². The van der Waals surface area contributed by atoms with Gasteiger partial charge in [-0.25, -0.2) is 0 Å². The van der Waals surface area contributed by atoms with Crippen LogP contribution < -0.4 is 10.1 Å². The monoisotopic (exact) mass is 424 g/mol. The summed E-state index contributed by atoms with van der Waals surface area (Å²) in [4.78, 5) is 14.7. The van der Waals surface area contributed by atoms with E-state index in [9.17, 15) is 4.79 Å². The zero-order valence-electron chi connectivity index (χ0n) is 18.0. The predicted octanol–water partition coefficient (Wildman–Crippen LogP) is 3.00. The highest BCUT2D eigenvalue weighted by molar-refractivity contribution is 5.94. The highest BCUT2D eigenvalue weighted by Gasteiger charge is 2.42. The summed E-state index contributed by atoms with van der Waals surface area (Å²) in [6.45, 7) is 3.89. The number of benzene rings is 2. The van der Waals surface area contributed by atoms with Crippen molar-refractivity contribution in [1.82, 2.24) is 10.2 Å². The lowest BCUT2D eigenvalue weighted by Crippen LogP contribution is -2.44. The average molecular weight is 425 g/mol. The summed E-state index contributed by atoms with van der Waals surface area (Å²) in [7, 11) is 0. The number of carbonyl (C=O) groups excluding carboxylic acids is 1. The van der Waals surface area contributed by atoms with Crippen molar-refractivity contribution in [1.29, 1.82) is 0 Å². The van der Waals surface area contributed by atoms with E-state index in [-0.39, 0.29) is 24.2 Å². The number of aliphatic hydroxyl groups excluding tert-OH is 1. The summed E-state index contributed by atoms with van der Waals surface area (Å²) in [5, 5.41) is 11.9. The van der Waals surface area contributed by atoms with Gasteiger partial charge in [0.2, 0.25) is 0 Å². The molecule has 2 aliphatic rings. The second-order valence-electron chi connectivity index (χ2n) is 8.53. The van der Waals surface area contributed by atoms with Gasteiger partial charge in [-0.1, -0.05) is 30.3 Å². The molecule has 1 spiro atoms. The minimum Gasteiger partial charge on any atom is -0.491 e. The Morgan fingerprint density at radius 1 is 1.10 bits per heavy atom. The molecule has 2 aromatic rings. The summed E-state index contributed by atoms with van der Waals surface area (Å²) < 4.78 is 11.9. The molecule has 4 rings (SSSR count). The third-order valence-electron chi connectivity index (χ3n) is 6.32. The van der Waals surface area contributed by atoms with Crippen LogP contribution in [0.4, 0.5) is 0 Å². The molecule has 0 bridgehead atoms. The quantitative estimate of drug-likeness (QED) is 0.682. The largest absolute Gasteiger partial charge is 0.491 e. The number of amides is 1. The van der Waals surface area contributed by atoms with Crippen molar-refractivity contribution in [3.05, 3.63) is 65.7 Å². The zero-order valence-corrected chi connectivity index (χ0v) is 18.0. The standard InChI is InChI=1S/C25H32N2O4/c28-16-17-30-22-8-6-20(7-9-22)19-27-14-12-25(13-15-27)11-10-23(31-25)18-26-24(29)21-4-2-1-3-5-21/h1-9,23,28H,10-19H2,(H,26,29)/t23-/m1/s1. The molecule has 2 saturated heterocycles. The van der Waals surface area contributed by atoms with Gasteiger partial charge in [0.15, 0.2) is 0 Å². The maximum Gasteiger partial charge on any atom is 0.251 e. The van der Waals surface area contributed by atoms with Gasteiger partial charge in [-0.2, -0.15) is 0 Å². The molecule has 0 aliphatic carbocycles. The molecule has 6 heteroatoms. The predicted molar refractivity (Wildman–Crippen MR) is 119 cm³/mol. The van der Waals surface area contributed by atoms with Gasteiger partial charge in [-0.05, 0) is 55.5 Å². The number of nitrogens with one attached hydrogen (secondary N) is 1. The number of aliphatic hydroxyl groups is 1. The van der Waals surface area contributed by atoms with E-state index >= 15 is 0 Å². The maximum absolute atomic E-state index is 12.3. The molecule has 0 radical (unpaired) electrons. The molecule has 0 unspecified atom stereocenters. The molecule has 0 aromatic heterocycles. The second kappa shape index (κ2) is 10.3. The number of likely N-dealkylation sites (tertiary alicyclic amines) is 1. The van der Waals surface area contributed by atoms with Gasteiger partial charge < -0.3 is 19.9 Å². The molecule has 1 amide bonds. The summed E-state index contributed by atoms with van der Waals surface area (Å²) in [6, 6.07) is 17.4. The molecule has 1 atom stereocenters. The van der Waals surface area contributed by atoms with Crippen molar-refractivity contribution >= 4 is 5.91 Å². The van der Waals surface area contributed by atoms with Crippen LogP contribution >= 0.6 is 0 Å². The van der Waals surface area contributed by atoms with Crippen LogP contribution in [0, 0.1) is 0 Å². The van der Waals surface area contributed by atoms with Crippen molar-refractivity contribution in [3.8, 4) is 5.75 Å². The fourth-order valence-corrected chi connectivity index (χ4v) is 4.54. The summed E-state index contributed by atoms with van der Waals surface area (Å²) >= 11 is 0. The Hall–Kier alpha value is -2.41. The third-order valence-corrected chi connectivity index (χ3v) is 6.32. The Bertz CT molecular complexity index is 832. The van der Waals surface area contributed by atoms with E-state index in [1.165, 1.54) is 5.56 Å². The minimum absolute atomic E-state index is 0.0271. The van der Waals surface area contributed by atoms with Crippen LogP contribution in [0.1, 0.15) is 41.6 Å². The first-order valence-electron chi connectivity index (χ1n) is 11.2. The van der Waals surface area contributed by atoms with E-state index in [0.29, 0.717) is 18.7 Å². The fourth-order valence-electron chi connectivity index (χ4n) is 4.54. The molecule has 166 valence electrons. The second-order valence-corrected chi connectivity index (χ2v) is 8.53. The van der Waals surface area contributed by atoms with Gasteiger partial charge in [0.05, 0.1) is 18.3 Å². The Balaban J connectivity index is 1.20. The first-order chi connectivity index (χ1) is 15.2. The van der Waals surface area contributed by atoms with Crippen molar-refractivity contribution in [2.24, 2.45) is 0 Å².